The SMILES string of the molecule is Cc1cc(NC(=O)CN2c3ccccc3[C@@H](C(N)=O)C[C@H]2C)no1. The molecule has 24 heavy (non-hydrogen) atoms. The van der Waals surface area contributed by atoms with Gasteiger partial charge in [0.2, 0.25) is 11.8 Å². The zero-order valence-electron chi connectivity index (χ0n) is 13.7. The molecule has 0 saturated carbocycles. The summed E-state index contributed by atoms with van der Waals surface area (Å²) in [5, 5.41) is 6.48. The Kier molecular flexibility index (Phi) is 4.24. The van der Waals surface area contributed by atoms with E-state index in [9.17, 15) is 9.59 Å². The van der Waals surface area contributed by atoms with Gasteiger partial charge in [-0.15, -0.1) is 0 Å². The van der Waals surface area contributed by atoms with Gasteiger partial charge in [-0.2, -0.15) is 0 Å². The Bertz CT molecular complexity index is 771. The summed E-state index contributed by atoms with van der Waals surface area (Å²) in [5.41, 5.74) is 7.28. The summed E-state index contributed by atoms with van der Waals surface area (Å²) in [4.78, 5) is 26.1. The smallest absolute Gasteiger partial charge is 0.245 e. The predicted octanol–water partition coefficient (Wildman–Crippen LogP) is 1.79. The van der Waals surface area contributed by atoms with Crippen molar-refractivity contribution in [3.05, 3.63) is 41.7 Å². The first kappa shape index (κ1) is 16.0. The summed E-state index contributed by atoms with van der Waals surface area (Å²) >= 11 is 0. The second-order valence-corrected chi connectivity index (χ2v) is 6.10. The number of nitrogens with two attached hydrogens (primary N) is 1. The van der Waals surface area contributed by atoms with Crippen LogP contribution in [0.4, 0.5) is 11.5 Å². The number of amides is 2. The Morgan fingerprint density at radius 1 is 1.42 bits per heavy atom. The molecule has 7 nitrogen and oxygen atoms in total. The van der Waals surface area contributed by atoms with E-state index in [2.05, 4.69) is 10.5 Å². The van der Waals surface area contributed by atoms with E-state index in [0.717, 1.165) is 11.3 Å². The summed E-state index contributed by atoms with van der Waals surface area (Å²) in [6.07, 6.45) is 0.586. The fraction of sp³-hybridized carbons (Fsp3) is 0.353. The molecule has 1 aromatic heterocycles. The topological polar surface area (TPSA) is 101 Å². The minimum Gasteiger partial charge on any atom is -0.369 e. The van der Waals surface area contributed by atoms with Gasteiger partial charge in [0.1, 0.15) is 5.76 Å². The number of para-hydroxylation sites is 1. The molecule has 0 radical (unpaired) electrons. The number of anilines is 2. The van der Waals surface area contributed by atoms with Gasteiger partial charge in [-0.25, -0.2) is 0 Å². The number of aryl methyl sites for hydroxylation is 1. The number of rotatable bonds is 4. The summed E-state index contributed by atoms with van der Waals surface area (Å²) in [7, 11) is 0. The van der Waals surface area contributed by atoms with Gasteiger partial charge in [0.25, 0.3) is 0 Å². The van der Waals surface area contributed by atoms with Crippen molar-refractivity contribution in [3.63, 3.8) is 0 Å². The number of benzene rings is 1. The highest BCUT2D eigenvalue weighted by molar-refractivity contribution is 5.94. The highest BCUT2D eigenvalue weighted by Gasteiger charge is 2.33. The van der Waals surface area contributed by atoms with Gasteiger partial charge in [-0.05, 0) is 31.9 Å². The van der Waals surface area contributed by atoms with E-state index < -0.39 is 0 Å². The largest absolute Gasteiger partial charge is 0.369 e. The molecule has 0 unspecified atom stereocenters. The average molecular weight is 328 g/mol. The van der Waals surface area contributed by atoms with E-state index in [1.54, 1.807) is 13.0 Å². The summed E-state index contributed by atoms with van der Waals surface area (Å²) in [6.45, 7) is 3.91. The van der Waals surface area contributed by atoms with Crippen molar-refractivity contribution in [2.24, 2.45) is 5.73 Å². The molecule has 1 aromatic carbocycles. The van der Waals surface area contributed by atoms with Crippen molar-refractivity contribution in [2.45, 2.75) is 32.2 Å². The first-order chi connectivity index (χ1) is 11.5. The van der Waals surface area contributed by atoms with E-state index in [1.807, 2.05) is 36.1 Å². The number of aromatic nitrogens is 1. The monoisotopic (exact) mass is 328 g/mol. The molecule has 2 atom stereocenters. The average Bonchev–Trinajstić information content (AvgIpc) is 2.94. The Morgan fingerprint density at radius 3 is 2.83 bits per heavy atom. The van der Waals surface area contributed by atoms with E-state index in [4.69, 9.17) is 10.3 Å². The lowest BCUT2D eigenvalue weighted by Gasteiger charge is -2.39. The maximum Gasteiger partial charge on any atom is 0.245 e. The van der Waals surface area contributed by atoms with Crippen LogP contribution in [-0.4, -0.2) is 29.6 Å². The van der Waals surface area contributed by atoms with Crippen LogP contribution in [0.15, 0.2) is 34.9 Å². The van der Waals surface area contributed by atoms with Gasteiger partial charge < -0.3 is 20.5 Å². The number of hydrogen-bond acceptors (Lipinski definition) is 5. The number of carbonyl (C=O) groups excluding carboxylic acids is 2. The van der Waals surface area contributed by atoms with Crippen LogP contribution in [-0.2, 0) is 9.59 Å². The van der Waals surface area contributed by atoms with E-state index in [1.165, 1.54) is 0 Å². The molecule has 3 rings (SSSR count). The first-order valence-corrected chi connectivity index (χ1v) is 7.83. The summed E-state index contributed by atoms with van der Waals surface area (Å²) < 4.78 is 4.94. The molecular weight excluding hydrogens is 308 g/mol. The van der Waals surface area contributed by atoms with Crippen LogP contribution >= 0.6 is 0 Å². The summed E-state index contributed by atoms with van der Waals surface area (Å²) in [5.74, 6) is 0.171. The molecule has 0 saturated heterocycles. The third-order valence-electron chi connectivity index (χ3n) is 4.28. The molecular formula is C17H20N4O3. The van der Waals surface area contributed by atoms with Crippen molar-refractivity contribution in [3.8, 4) is 0 Å². The maximum atomic E-state index is 12.3. The third kappa shape index (κ3) is 3.10. The lowest BCUT2D eigenvalue weighted by Crippen LogP contribution is -2.45. The Morgan fingerprint density at radius 2 is 2.17 bits per heavy atom. The van der Waals surface area contributed by atoms with Gasteiger partial charge in [0.05, 0.1) is 12.5 Å². The van der Waals surface area contributed by atoms with Crippen LogP contribution in [0.2, 0.25) is 0 Å². The number of nitrogens with one attached hydrogen (secondary N) is 1. The highest BCUT2D eigenvalue weighted by atomic mass is 16.5. The molecule has 2 amide bonds. The van der Waals surface area contributed by atoms with E-state index in [-0.39, 0.29) is 30.3 Å². The zero-order valence-corrected chi connectivity index (χ0v) is 13.7. The number of hydrogen-bond donors (Lipinski definition) is 2. The molecule has 1 aliphatic rings. The van der Waals surface area contributed by atoms with Gasteiger partial charge in [0.15, 0.2) is 5.82 Å². The minimum atomic E-state index is -0.337. The van der Waals surface area contributed by atoms with Crippen LogP contribution < -0.4 is 16.0 Å². The summed E-state index contributed by atoms with van der Waals surface area (Å²) in [6, 6.07) is 9.25. The standard InChI is InChI=1S/C17H20N4O3/c1-10-7-13(17(18)23)12-5-3-4-6-14(12)21(10)9-16(22)19-15-8-11(2)24-20-15/h3-6,8,10,13H,7,9H2,1-2H3,(H2,18,23)(H,19,20,22)/t10-,13+/m1/s1. The molecule has 1 aliphatic heterocycles. The molecule has 2 aromatic rings. The zero-order chi connectivity index (χ0) is 17.3. The number of fused-ring (bicyclic) bond motifs is 1. The van der Waals surface area contributed by atoms with Crippen LogP contribution in [0.3, 0.4) is 0 Å². The van der Waals surface area contributed by atoms with E-state index >= 15 is 0 Å². The lowest BCUT2D eigenvalue weighted by atomic mass is 9.85. The molecule has 0 fully saturated rings. The van der Waals surface area contributed by atoms with Gasteiger partial charge in [-0.1, -0.05) is 23.4 Å². The van der Waals surface area contributed by atoms with Crippen LogP contribution in [0.25, 0.3) is 0 Å². The van der Waals surface area contributed by atoms with Gasteiger partial charge in [0, 0.05) is 17.8 Å². The minimum absolute atomic E-state index is 0.0159. The Hall–Kier alpha value is -2.83. The van der Waals surface area contributed by atoms with Crippen LogP contribution in [0.5, 0.6) is 0 Å². The van der Waals surface area contributed by atoms with Crippen molar-refractivity contribution in [1.82, 2.24) is 5.16 Å². The van der Waals surface area contributed by atoms with Gasteiger partial charge >= 0.3 is 0 Å². The second-order valence-electron chi connectivity index (χ2n) is 6.10. The number of primary amides is 1. The van der Waals surface area contributed by atoms with Crippen molar-refractivity contribution >= 4 is 23.3 Å². The van der Waals surface area contributed by atoms with Crippen molar-refractivity contribution < 1.29 is 14.1 Å². The van der Waals surface area contributed by atoms with E-state index in [0.29, 0.717) is 18.0 Å². The maximum absolute atomic E-state index is 12.3. The second kappa shape index (κ2) is 6.35. The molecule has 2 heterocycles. The van der Waals surface area contributed by atoms with Crippen LogP contribution in [0, 0.1) is 6.92 Å². The van der Waals surface area contributed by atoms with Gasteiger partial charge in [-0.3, -0.25) is 9.59 Å². The molecule has 0 spiro atoms. The first-order valence-electron chi connectivity index (χ1n) is 7.83. The Labute approximate surface area is 139 Å². The Balaban J connectivity index is 1.80. The number of nitrogens with zero attached hydrogens (tertiary/aromatic N) is 2. The number of carbonyl (C=O) groups is 2. The molecule has 3 N–H and O–H groups in total. The van der Waals surface area contributed by atoms with Crippen molar-refractivity contribution in [2.75, 3.05) is 16.8 Å². The lowest BCUT2D eigenvalue weighted by molar-refractivity contribution is -0.119. The molecule has 126 valence electrons. The molecule has 0 bridgehead atoms. The normalized spacial score (nSPS) is 19.7. The predicted molar refractivity (Wildman–Crippen MR) is 89.7 cm³/mol. The molecule has 0 aliphatic carbocycles. The molecule has 7 heteroatoms. The van der Waals surface area contributed by atoms with Crippen molar-refractivity contribution in [1.29, 1.82) is 0 Å². The quantitative estimate of drug-likeness (QED) is 0.891. The highest BCUT2D eigenvalue weighted by Crippen LogP contribution is 2.37. The fourth-order valence-electron chi connectivity index (χ4n) is 3.15. The van der Waals surface area contributed by atoms with Crippen LogP contribution in [0.1, 0.15) is 30.6 Å². The third-order valence-corrected chi connectivity index (χ3v) is 4.28. The fourth-order valence-corrected chi connectivity index (χ4v) is 3.15.